The number of allylic oxidation sites excluding steroid dienone is 12. The first-order valence-electron chi connectivity index (χ1n) is 9.89. The summed E-state index contributed by atoms with van der Waals surface area (Å²) >= 11 is 0. The molecule has 0 N–H and O–H groups in total. The van der Waals surface area contributed by atoms with Crippen LogP contribution in [0.4, 0.5) is 0 Å². The summed E-state index contributed by atoms with van der Waals surface area (Å²) in [5.74, 6) is -0.0757. The van der Waals surface area contributed by atoms with Gasteiger partial charge in [-0.2, -0.15) is 0 Å². The molecular weight excluding hydrogens is 332 g/mol. The zero-order valence-electron chi connectivity index (χ0n) is 17.4. The molecule has 0 saturated heterocycles. The summed E-state index contributed by atoms with van der Waals surface area (Å²) in [5, 5.41) is 0. The Kier molecular flexibility index (Phi) is 7.12. The van der Waals surface area contributed by atoms with Crippen LogP contribution in [0.5, 0.6) is 0 Å². The van der Waals surface area contributed by atoms with Crippen molar-refractivity contribution in [3.8, 4) is 0 Å². The van der Waals surface area contributed by atoms with Crippen molar-refractivity contribution < 1.29 is 9.59 Å². The van der Waals surface area contributed by atoms with Crippen molar-refractivity contribution in [2.24, 2.45) is 5.41 Å². The molecule has 27 heavy (non-hydrogen) atoms. The molecule has 1 fully saturated rings. The Bertz CT molecular complexity index is 774. The Morgan fingerprint density at radius 1 is 0.926 bits per heavy atom. The normalized spacial score (nSPS) is 21.9. The molecule has 144 valence electrons. The van der Waals surface area contributed by atoms with Crippen molar-refractivity contribution >= 4 is 11.6 Å². The molecule has 0 aromatic carbocycles. The number of carbonyl (C=O) groups excluding carboxylic acids is 2. The van der Waals surface area contributed by atoms with E-state index in [1.807, 2.05) is 25.2 Å². The third-order valence-electron chi connectivity index (χ3n) is 5.47. The van der Waals surface area contributed by atoms with E-state index in [9.17, 15) is 9.59 Å². The van der Waals surface area contributed by atoms with Gasteiger partial charge in [-0.05, 0) is 57.1 Å². The van der Waals surface area contributed by atoms with Crippen molar-refractivity contribution in [2.45, 2.75) is 66.7 Å². The van der Waals surface area contributed by atoms with Crippen LogP contribution in [0.2, 0.25) is 0 Å². The van der Waals surface area contributed by atoms with Gasteiger partial charge in [-0.25, -0.2) is 0 Å². The molecule has 0 spiro atoms. The highest BCUT2D eigenvalue weighted by atomic mass is 16.2. The molecule has 2 heteroatoms. The van der Waals surface area contributed by atoms with Crippen molar-refractivity contribution in [1.29, 1.82) is 0 Å². The van der Waals surface area contributed by atoms with Gasteiger partial charge in [-0.3, -0.25) is 9.59 Å². The molecule has 0 radical (unpaired) electrons. The number of rotatable bonds is 5. The topological polar surface area (TPSA) is 34.1 Å². The minimum absolute atomic E-state index is 0.0378. The average Bonchev–Trinajstić information content (AvgIpc) is 2.90. The van der Waals surface area contributed by atoms with E-state index in [0.29, 0.717) is 18.4 Å². The monoisotopic (exact) mass is 364 g/mol. The maximum Gasteiger partial charge on any atom is 0.166 e. The van der Waals surface area contributed by atoms with E-state index in [1.54, 1.807) is 6.08 Å². The van der Waals surface area contributed by atoms with Gasteiger partial charge in [0.1, 0.15) is 0 Å². The van der Waals surface area contributed by atoms with E-state index in [0.717, 1.165) is 5.57 Å². The Labute approximate surface area is 164 Å². The van der Waals surface area contributed by atoms with E-state index < -0.39 is 0 Å². The van der Waals surface area contributed by atoms with Gasteiger partial charge in [-0.15, -0.1) is 0 Å². The number of hydrogen-bond acceptors (Lipinski definition) is 2. The summed E-state index contributed by atoms with van der Waals surface area (Å²) in [4.78, 5) is 23.2. The van der Waals surface area contributed by atoms with Crippen molar-refractivity contribution in [3.05, 3.63) is 70.4 Å². The van der Waals surface area contributed by atoms with Gasteiger partial charge < -0.3 is 0 Å². The molecule has 2 rings (SSSR count). The zero-order chi connectivity index (χ0) is 20.0. The highest BCUT2D eigenvalue weighted by Crippen LogP contribution is 2.40. The molecule has 0 bridgehead atoms. The van der Waals surface area contributed by atoms with Crippen molar-refractivity contribution in [2.75, 3.05) is 0 Å². The van der Waals surface area contributed by atoms with Gasteiger partial charge >= 0.3 is 0 Å². The highest BCUT2D eigenvalue weighted by molar-refractivity contribution is 6.25. The smallest absolute Gasteiger partial charge is 0.166 e. The standard InChI is InChI=1S/C25H32O2/c1-18(11-13-21-23(26)15-16-24(21)27)8-6-9-19(2)12-14-22-20(3)10-7-17-25(22,4)5/h6,8-9,11-14H,7,10,15-17H2,1-5H3. The molecule has 1 saturated carbocycles. The van der Waals surface area contributed by atoms with Crippen LogP contribution in [0.3, 0.4) is 0 Å². The van der Waals surface area contributed by atoms with E-state index in [2.05, 4.69) is 45.9 Å². The fourth-order valence-corrected chi connectivity index (χ4v) is 3.74. The Balaban J connectivity index is 2.02. The number of hydrogen-bond donors (Lipinski definition) is 0. The van der Waals surface area contributed by atoms with Crippen LogP contribution in [-0.4, -0.2) is 11.6 Å². The fourth-order valence-electron chi connectivity index (χ4n) is 3.74. The second-order valence-electron chi connectivity index (χ2n) is 8.37. The van der Waals surface area contributed by atoms with Crippen LogP contribution in [-0.2, 0) is 9.59 Å². The van der Waals surface area contributed by atoms with Crippen molar-refractivity contribution in [3.63, 3.8) is 0 Å². The van der Waals surface area contributed by atoms with Crippen LogP contribution in [0.15, 0.2) is 70.4 Å². The number of ketones is 2. The molecule has 2 aliphatic rings. The first-order chi connectivity index (χ1) is 12.7. The summed E-state index contributed by atoms with van der Waals surface area (Å²) in [6, 6.07) is 0. The van der Waals surface area contributed by atoms with Crippen LogP contribution in [0.25, 0.3) is 0 Å². The van der Waals surface area contributed by atoms with Gasteiger partial charge in [0.05, 0.1) is 5.57 Å². The molecule has 0 amide bonds. The summed E-state index contributed by atoms with van der Waals surface area (Å²) in [6.45, 7) is 11.0. The lowest BCUT2D eigenvalue weighted by Gasteiger charge is -2.32. The van der Waals surface area contributed by atoms with Crippen LogP contribution >= 0.6 is 0 Å². The van der Waals surface area contributed by atoms with Gasteiger partial charge in [0, 0.05) is 12.8 Å². The van der Waals surface area contributed by atoms with Crippen LogP contribution < -0.4 is 0 Å². The quantitative estimate of drug-likeness (QED) is 0.322. The lowest BCUT2D eigenvalue weighted by atomic mass is 9.72. The highest BCUT2D eigenvalue weighted by Gasteiger charge is 2.26. The second kappa shape index (κ2) is 9.12. The Morgan fingerprint density at radius 2 is 1.56 bits per heavy atom. The Morgan fingerprint density at radius 3 is 2.19 bits per heavy atom. The first-order valence-corrected chi connectivity index (χ1v) is 9.89. The molecule has 0 aliphatic heterocycles. The maximum absolute atomic E-state index is 11.6. The minimum atomic E-state index is -0.0378. The summed E-state index contributed by atoms with van der Waals surface area (Å²) in [6.07, 6.45) is 18.5. The molecule has 2 nitrogen and oxygen atoms in total. The Hall–Kier alpha value is -2.22. The summed E-state index contributed by atoms with van der Waals surface area (Å²) in [7, 11) is 0. The van der Waals surface area contributed by atoms with Crippen LogP contribution in [0, 0.1) is 5.41 Å². The summed E-state index contributed by atoms with van der Waals surface area (Å²) in [5.41, 5.74) is 5.79. The average molecular weight is 365 g/mol. The summed E-state index contributed by atoms with van der Waals surface area (Å²) < 4.78 is 0. The van der Waals surface area contributed by atoms with Gasteiger partial charge in [0.15, 0.2) is 11.6 Å². The van der Waals surface area contributed by atoms with E-state index in [-0.39, 0.29) is 17.0 Å². The zero-order valence-corrected chi connectivity index (χ0v) is 17.4. The predicted molar refractivity (Wildman–Crippen MR) is 113 cm³/mol. The third-order valence-corrected chi connectivity index (χ3v) is 5.47. The first kappa shape index (κ1) is 21.1. The molecule has 0 aromatic rings. The number of carbonyl (C=O) groups is 2. The van der Waals surface area contributed by atoms with Gasteiger partial charge in [0.25, 0.3) is 0 Å². The van der Waals surface area contributed by atoms with E-state index in [1.165, 1.54) is 36.0 Å². The van der Waals surface area contributed by atoms with E-state index in [4.69, 9.17) is 0 Å². The minimum Gasteiger partial charge on any atom is -0.294 e. The maximum atomic E-state index is 11.6. The largest absolute Gasteiger partial charge is 0.294 e. The fraction of sp³-hybridized carbons (Fsp3) is 0.440. The van der Waals surface area contributed by atoms with Gasteiger partial charge in [0.2, 0.25) is 0 Å². The second-order valence-corrected chi connectivity index (χ2v) is 8.37. The molecule has 2 aliphatic carbocycles. The number of Topliss-reactive ketones (excluding diaryl/α,β-unsaturated/α-hetero) is 2. The van der Waals surface area contributed by atoms with Gasteiger partial charge in [-0.1, -0.05) is 67.0 Å². The molecule has 0 atom stereocenters. The molecule has 0 heterocycles. The SMILES string of the molecule is CC(C=CC1=C(C)CCCC1(C)C)=CC=CC(C)=CC=C1C(=O)CCC1=O. The van der Waals surface area contributed by atoms with Crippen molar-refractivity contribution in [1.82, 2.24) is 0 Å². The third kappa shape index (κ3) is 5.89. The lowest BCUT2D eigenvalue weighted by Crippen LogP contribution is -2.19. The lowest BCUT2D eigenvalue weighted by molar-refractivity contribution is -0.116. The van der Waals surface area contributed by atoms with Crippen LogP contribution in [0.1, 0.15) is 66.7 Å². The molecule has 0 unspecified atom stereocenters. The predicted octanol–water partition coefficient (Wildman–Crippen LogP) is 6.38. The molecular formula is C25H32O2. The van der Waals surface area contributed by atoms with E-state index >= 15 is 0 Å². The molecule has 0 aromatic heterocycles.